The molecule has 7 heteroatoms. The van der Waals surface area contributed by atoms with E-state index in [0.29, 0.717) is 17.0 Å². The molecule has 3 aromatic heterocycles. The lowest BCUT2D eigenvalue weighted by molar-refractivity contribution is 0.446. The standard InChI is InChI=1S/C68H72N6O/c1-64(2,3)46-29-31-55(51(36-46)42-23-18-16-19-24-42)73-57-28-22-27-50(59(57)71-63(73)53-38-49(67(10,11)12)39-54(60(53)75)68(13,14)15)44-33-45(35-48(34-44)66(7,8)9)62-72-61-58(40-69-41-70-61)74(62)56-32-30-47(65(4,5)6)37-52(56)43-25-20-17-21-26-43/h16-41,75H,1-15H3. The molecule has 0 spiro atoms. The first-order valence-electron chi connectivity index (χ1n) is 26.4. The first-order valence-corrected chi connectivity index (χ1v) is 26.4. The van der Waals surface area contributed by atoms with Crippen molar-refractivity contribution in [2.24, 2.45) is 0 Å². The van der Waals surface area contributed by atoms with Crippen molar-refractivity contribution in [3.8, 4) is 73.3 Å². The van der Waals surface area contributed by atoms with Crippen molar-refractivity contribution < 1.29 is 5.11 Å². The molecule has 0 radical (unpaired) electrons. The summed E-state index contributed by atoms with van der Waals surface area (Å²) in [6.07, 6.45) is 3.46. The fraction of sp³-hybridized carbons (Fsp3) is 0.294. The molecule has 0 amide bonds. The predicted molar refractivity (Wildman–Crippen MR) is 314 cm³/mol. The number of fused-ring (bicyclic) bond motifs is 2. The summed E-state index contributed by atoms with van der Waals surface area (Å²) in [6.45, 7) is 33.6. The van der Waals surface area contributed by atoms with Gasteiger partial charge in [0.1, 0.15) is 29.2 Å². The van der Waals surface area contributed by atoms with Gasteiger partial charge in [0.2, 0.25) is 0 Å². The summed E-state index contributed by atoms with van der Waals surface area (Å²) in [7, 11) is 0. The lowest BCUT2D eigenvalue weighted by Gasteiger charge is -2.28. The van der Waals surface area contributed by atoms with Gasteiger partial charge in [-0.25, -0.2) is 19.9 Å². The summed E-state index contributed by atoms with van der Waals surface area (Å²) in [6, 6.07) is 52.6. The Bertz CT molecular complexity index is 3790. The largest absolute Gasteiger partial charge is 0.507 e. The average Bonchev–Trinajstić information content (AvgIpc) is 3.94. The smallest absolute Gasteiger partial charge is 0.181 e. The van der Waals surface area contributed by atoms with E-state index < -0.39 is 0 Å². The highest BCUT2D eigenvalue weighted by Gasteiger charge is 2.31. The first-order chi connectivity index (χ1) is 35.3. The summed E-state index contributed by atoms with van der Waals surface area (Å²) in [4.78, 5) is 20.5. The minimum atomic E-state index is -0.353. The molecule has 0 aliphatic rings. The molecule has 10 rings (SSSR count). The third kappa shape index (κ3) is 9.58. The minimum absolute atomic E-state index is 0.0726. The van der Waals surface area contributed by atoms with Crippen LogP contribution in [0.3, 0.4) is 0 Å². The molecule has 0 saturated heterocycles. The van der Waals surface area contributed by atoms with Crippen molar-refractivity contribution in [2.75, 3.05) is 0 Å². The highest BCUT2D eigenvalue weighted by Crippen LogP contribution is 2.47. The van der Waals surface area contributed by atoms with E-state index in [0.717, 1.165) is 89.4 Å². The molecular formula is C68H72N6O. The van der Waals surface area contributed by atoms with Gasteiger partial charge in [0, 0.05) is 27.8 Å². The quantitative estimate of drug-likeness (QED) is 0.172. The van der Waals surface area contributed by atoms with Gasteiger partial charge >= 0.3 is 0 Å². The zero-order chi connectivity index (χ0) is 53.6. The van der Waals surface area contributed by atoms with Crippen LogP contribution in [0.5, 0.6) is 5.75 Å². The Morgan fingerprint density at radius 3 is 1.43 bits per heavy atom. The van der Waals surface area contributed by atoms with Crippen LogP contribution < -0.4 is 0 Å². The second-order valence-corrected chi connectivity index (χ2v) is 25.6. The van der Waals surface area contributed by atoms with E-state index in [1.165, 1.54) is 11.1 Å². The number of benzene rings is 7. The number of rotatable bonds is 7. The van der Waals surface area contributed by atoms with Crippen molar-refractivity contribution in [3.05, 3.63) is 186 Å². The molecule has 7 nitrogen and oxygen atoms in total. The highest BCUT2D eigenvalue weighted by molar-refractivity contribution is 5.98. The van der Waals surface area contributed by atoms with Crippen molar-refractivity contribution in [1.29, 1.82) is 0 Å². The number of aromatic nitrogens is 6. The van der Waals surface area contributed by atoms with Gasteiger partial charge in [0.05, 0.1) is 34.2 Å². The Labute approximate surface area is 444 Å². The van der Waals surface area contributed by atoms with Gasteiger partial charge < -0.3 is 5.11 Å². The van der Waals surface area contributed by atoms with Gasteiger partial charge in [-0.3, -0.25) is 9.13 Å². The molecule has 0 aliphatic carbocycles. The Kier molecular flexibility index (Phi) is 12.4. The summed E-state index contributed by atoms with van der Waals surface area (Å²) >= 11 is 0. The first kappa shape index (κ1) is 50.9. The zero-order valence-electron chi connectivity index (χ0n) is 46.6. The van der Waals surface area contributed by atoms with E-state index in [9.17, 15) is 5.11 Å². The number of aromatic hydroxyl groups is 1. The molecule has 0 bridgehead atoms. The molecule has 1 N–H and O–H groups in total. The molecule has 0 aliphatic heterocycles. The molecular weight excluding hydrogens is 917 g/mol. The van der Waals surface area contributed by atoms with Gasteiger partial charge in [-0.05, 0) is 115 Å². The lowest BCUT2D eigenvalue weighted by atomic mass is 9.79. The maximum Gasteiger partial charge on any atom is 0.181 e. The average molecular weight is 989 g/mol. The maximum atomic E-state index is 12.7. The Hall–Kier alpha value is -7.64. The van der Waals surface area contributed by atoms with Crippen molar-refractivity contribution in [1.82, 2.24) is 29.1 Å². The van der Waals surface area contributed by atoms with E-state index in [1.807, 2.05) is 6.20 Å². The summed E-state index contributed by atoms with van der Waals surface area (Å²) in [5.41, 5.74) is 17.8. The molecule has 0 atom stereocenters. The number of phenols is 1. The summed E-state index contributed by atoms with van der Waals surface area (Å²) in [5, 5.41) is 12.7. The Morgan fingerprint density at radius 2 is 0.893 bits per heavy atom. The number of hydrogen-bond donors (Lipinski definition) is 1. The van der Waals surface area contributed by atoms with Crippen LogP contribution in [0, 0.1) is 0 Å². The Balaban J connectivity index is 1.30. The highest BCUT2D eigenvalue weighted by atomic mass is 16.3. The number of nitrogens with zero attached hydrogens (tertiary/aromatic N) is 6. The van der Waals surface area contributed by atoms with E-state index in [4.69, 9.17) is 15.0 Å². The van der Waals surface area contributed by atoms with Crippen LogP contribution in [-0.2, 0) is 27.1 Å². The third-order valence-corrected chi connectivity index (χ3v) is 14.8. The molecule has 380 valence electrons. The molecule has 0 saturated carbocycles. The number of phenolic OH excluding ortho intramolecular Hbond substituents is 1. The van der Waals surface area contributed by atoms with Gasteiger partial charge in [-0.1, -0.05) is 201 Å². The van der Waals surface area contributed by atoms with E-state index in [1.54, 1.807) is 6.33 Å². The second-order valence-electron chi connectivity index (χ2n) is 25.6. The normalized spacial score (nSPS) is 12.8. The zero-order valence-corrected chi connectivity index (χ0v) is 46.6. The summed E-state index contributed by atoms with van der Waals surface area (Å²) < 4.78 is 4.54. The number of para-hydroxylation sites is 1. The molecule has 3 heterocycles. The monoisotopic (exact) mass is 989 g/mol. The van der Waals surface area contributed by atoms with Crippen LogP contribution in [0.25, 0.3) is 89.7 Å². The van der Waals surface area contributed by atoms with Crippen molar-refractivity contribution in [2.45, 2.75) is 131 Å². The second kappa shape index (κ2) is 18.3. The number of imidazole rings is 2. The molecule has 75 heavy (non-hydrogen) atoms. The minimum Gasteiger partial charge on any atom is -0.507 e. The number of hydrogen-bond acceptors (Lipinski definition) is 5. The Morgan fingerprint density at radius 1 is 0.387 bits per heavy atom. The maximum absolute atomic E-state index is 12.7. The third-order valence-electron chi connectivity index (χ3n) is 14.8. The SMILES string of the molecule is CC(C)(C)c1cc(-c2cccc3c2nc(-c2cc(C(C)(C)C)cc(C(C)(C)C)c2O)n3-c2ccc(C(C)(C)C)cc2-c2ccccc2)cc(-c2nc3ncncc3n2-c2ccc(C(C)(C)C)cc2-c2ccccc2)c1. The van der Waals surface area contributed by atoms with Crippen LogP contribution in [0.15, 0.2) is 158 Å². The molecule has 7 aromatic carbocycles. The van der Waals surface area contributed by atoms with E-state index in [2.05, 4.69) is 264 Å². The molecule has 10 aromatic rings. The van der Waals surface area contributed by atoms with Gasteiger partial charge in [0.15, 0.2) is 5.65 Å². The predicted octanol–water partition coefficient (Wildman–Crippen LogP) is 17.7. The van der Waals surface area contributed by atoms with Gasteiger partial charge in [-0.2, -0.15) is 0 Å². The summed E-state index contributed by atoms with van der Waals surface area (Å²) in [5.74, 6) is 1.68. The molecule has 0 unspecified atom stereocenters. The molecule has 0 fully saturated rings. The topological polar surface area (TPSA) is 81.7 Å². The van der Waals surface area contributed by atoms with Crippen LogP contribution in [-0.4, -0.2) is 34.2 Å². The lowest BCUT2D eigenvalue weighted by Crippen LogP contribution is -2.17. The van der Waals surface area contributed by atoms with Gasteiger partial charge in [0.25, 0.3) is 0 Å². The van der Waals surface area contributed by atoms with Crippen LogP contribution in [0.1, 0.15) is 132 Å². The van der Waals surface area contributed by atoms with Crippen molar-refractivity contribution in [3.63, 3.8) is 0 Å². The van der Waals surface area contributed by atoms with Crippen LogP contribution >= 0.6 is 0 Å². The van der Waals surface area contributed by atoms with Gasteiger partial charge in [-0.15, -0.1) is 0 Å². The van der Waals surface area contributed by atoms with Crippen molar-refractivity contribution >= 4 is 22.2 Å². The fourth-order valence-corrected chi connectivity index (χ4v) is 10.3. The van der Waals surface area contributed by atoms with E-state index in [-0.39, 0.29) is 32.8 Å². The fourth-order valence-electron chi connectivity index (χ4n) is 10.3. The van der Waals surface area contributed by atoms with Crippen LogP contribution in [0.4, 0.5) is 0 Å². The van der Waals surface area contributed by atoms with E-state index >= 15 is 0 Å². The van der Waals surface area contributed by atoms with Crippen LogP contribution in [0.2, 0.25) is 0 Å².